The fourth-order valence-electron chi connectivity index (χ4n) is 7.84. The average Bonchev–Trinajstić information content (AvgIpc) is 2.85. The summed E-state index contributed by atoms with van der Waals surface area (Å²) in [5, 5.41) is 0. The van der Waals surface area contributed by atoms with E-state index in [1.165, 1.54) is 0 Å². The first kappa shape index (κ1) is 45.5. The van der Waals surface area contributed by atoms with Crippen LogP contribution >= 0.6 is 0 Å². The van der Waals surface area contributed by atoms with Crippen LogP contribution in [0.25, 0.3) is 0 Å². The van der Waals surface area contributed by atoms with E-state index in [1.807, 2.05) is 0 Å². The van der Waals surface area contributed by atoms with E-state index >= 15 is 0 Å². The van der Waals surface area contributed by atoms with Crippen LogP contribution in [0.3, 0.4) is 0 Å². The van der Waals surface area contributed by atoms with Gasteiger partial charge in [-0.3, -0.25) is 0 Å². The molecule has 0 saturated carbocycles. The smallest absolute Gasteiger partial charge is 0.450 e. The molecule has 0 aromatic rings. The second kappa shape index (κ2) is 16.1. The lowest BCUT2D eigenvalue weighted by Crippen LogP contribution is -2.89. The zero-order valence-electron chi connectivity index (χ0n) is 35.4. The lowest BCUT2D eigenvalue weighted by atomic mass is 10.3. The van der Waals surface area contributed by atoms with Crippen molar-refractivity contribution in [3.05, 3.63) is 12.2 Å². The molecular weight excluding hydrogens is 833 g/mol. The first-order chi connectivity index (χ1) is 24.7. The molecule has 6 fully saturated rings. The third kappa shape index (κ3) is 10.2. The highest BCUT2D eigenvalue weighted by Crippen LogP contribution is 2.55. The van der Waals surface area contributed by atoms with Crippen molar-refractivity contribution in [2.75, 3.05) is 0 Å². The number of hydrogen-bond acceptors (Lipinski definition) is 14. The SMILES string of the molecule is C=C(C)C(=O)O[Si]12O[Si]3(CC(C)C)O[Si]4(CC(C)C)O[Si]5(CC(C)C)O[Si](CC(C)C)(O3)O[Si](CC(C)C)(O[Si](CC(C)C)(O5)O[Si](CC(C)C)(O4)O1)O2. The maximum Gasteiger partial charge on any atom is 0.729 e. The lowest BCUT2D eigenvalue weighted by molar-refractivity contribution is -0.138. The molecule has 0 N–H and O–H groups in total. The zero-order chi connectivity index (χ0) is 40.3. The summed E-state index contributed by atoms with van der Waals surface area (Å²) < 4.78 is 97.1. The van der Waals surface area contributed by atoms with Crippen molar-refractivity contribution in [2.24, 2.45) is 41.4 Å². The van der Waals surface area contributed by atoms with Crippen molar-refractivity contribution in [1.29, 1.82) is 0 Å². The normalized spacial score (nSPS) is 40.6. The Labute approximate surface area is 333 Å². The van der Waals surface area contributed by atoms with Crippen LogP contribution < -0.4 is 0 Å². The van der Waals surface area contributed by atoms with E-state index in [2.05, 4.69) is 104 Å². The van der Waals surface area contributed by atoms with Crippen molar-refractivity contribution in [3.8, 4) is 0 Å². The standard InChI is InChI=1S/C32H68O14Si8/c1-24(2)17-47-35-48(18-25(3)4)38-51(21-28(9)10)40-49(36-47,19-26(5)6)42-53(23-30(13)14)43-50(37-47,20-27(7)8)41-52(39-48,22-29(11)12)45-54(44-51,46-53)34-32(33)31(15)16/h24-30H,15,17-23H2,1-14,16H3. The fourth-order valence-corrected chi connectivity index (χ4v) is 57.4. The van der Waals surface area contributed by atoms with Gasteiger partial charge < -0.3 is 53.8 Å². The van der Waals surface area contributed by atoms with Crippen LogP contribution in [0, 0.1) is 41.4 Å². The van der Waals surface area contributed by atoms with Crippen molar-refractivity contribution in [2.45, 2.75) is 146 Å². The van der Waals surface area contributed by atoms with Gasteiger partial charge in [-0.1, -0.05) is 104 Å². The molecule has 0 aliphatic carbocycles. The van der Waals surface area contributed by atoms with Crippen molar-refractivity contribution >= 4 is 76.6 Å². The molecule has 6 rings (SSSR count). The molecule has 0 amide bonds. The maximum atomic E-state index is 13.9. The number of carbonyl (C=O) groups excluding carboxylic acids is 1. The number of hydrogen-bond donors (Lipinski definition) is 0. The monoisotopic (exact) mass is 900 g/mol. The first-order valence-corrected chi connectivity index (χ1v) is 35.2. The van der Waals surface area contributed by atoms with Crippen LogP contribution in [0.5, 0.6) is 0 Å². The van der Waals surface area contributed by atoms with Gasteiger partial charge in [-0.15, -0.1) is 0 Å². The van der Waals surface area contributed by atoms with Gasteiger partial charge in [0, 0.05) is 47.9 Å². The first-order valence-electron chi connectivity index (χ1n) is 20.0. The van der Waals surface area contributed by atoms with Gasteiger partial charge in [0.2, 0.25) is 0 Å². The van der Waals surface area contributed by atoms with Crippen LogP contribution in [-0.4, -0.2) is 76.6 Å². The van der Waals surface area contributed by atoms with E-state index < -0.39 is 76.6 Å². The van der Waals surface area contributed by atoms with E-state index in [9.17, 15) is 4.79 Å². The minimum atomic E-state index is -4.82. The predicted octanol–water partition coefficient (Wildman–Crippen LogP) is 7.97. The summed E-state index contributed by atoms with van der Waals surface area (Å²) in [6.45, 7) is 34.7. The van der Waals surface area contributed by atoms with Gasteiger partial charge in [-0.05, 0) is 48.3 Å². The van der Waals surface area contributed by atoms with Crippen LogP contribution in [0.4, 0.5) is 0 Å². The average molecular weight is 902 g/mol. The van der Waals surface area contributed by atoms with Crippen LogP contribution in [0.1, 0.15) is 104 Å². The molecule has 312 valence electrons. The fraction of sp³-hybridized carbons (Fsp3) is 0.906. The van der Waals surface area contributed by atoms with Crippen molar-refractivity contribution in [1.82, 2.24) is 0 Å². The molecule has 6 aliphatic rings. The minimum Gasteiger partial charge on any atom is -0.450 e. The molecule has 0 radical (unpaired) electrons. The summed E-state index contributed by atoms with van der Waals surface area (Å²) in [6.07, 6.45) is 0. The minimum absolute atomic E-state index is 0.0151. The summed E-state index contributed by atoms with van der Waals surface area (Å²) in [5.74, 6) is -0.569. The molecule has 0 aromatic heterocycles. The summed E-state index contributed by atoms with van der Waals surface area (Å²) in [5.41, 5.74) is 0.139. The Bertz CT molecular complexity index is 1230. The third-order valence-electron chi connectivity index (χ3n) is 8.81. The van der Waals surface area contributed by atoms with Crippen molar-refractivity contribution in [3.63, 3.8) is 0 Å². The summed E-state index contributed by atoms with van der Waals surface area (Å²) in [4.78, 5) is 13.9. The Balaban J connectivity index is 1.99. The summed E-state index contributed by atoms with van der Waals surface area (Å²) in [7, 11) is -33.5. The molecule has 0 unspecified atom stereocenters. The van der Waals surface area contributed by atoms with Crippen LogP contribution in [-0.2, 0) is 58.6 Å². The number of carbonyl (C=O) groups is 1. The van der Waals surface area contributed by atoms with Gasteiger partial charge >= 0.3 is 76.6 Å². The van der Waals surface area contributed by atoms with Gasteiger partial charge in [0.05, 0.1) is 0 Å². The topological polar surface area (TPSA) is 137 Å². The second-order valence-electron chi connectivity index (χ2n) is 18.9. The highest BCUT2D eigenvalue weighted by Gasteiger charge is 2.85. The van der Waals surface area contributed by atoms with E-state index in [4.69, 9.17) is 53.8 Å². The Morgan fingerprint density at radius 2 is 0.556 bits per heavy atom. The Morgan fingerprint density at radius 3 is 0.704 bits per heavy atom. The van der Waals surface area contributed by atoms with Gasteiger partial charge in [0.15, 0.2) is 0 Å². The molecule has 6 aliphatic heterocycles. The third-order valence-corrected chi connectivity index (χ3v) is 47.6. The Hall–Kier alpha value is 0.465. The van der Waals surface area contributed by atoms with E-state index in [0.717, 1.165) is 0 Å². The molecule has 0 atom stereocenters. The molecule has 22 heteroatoms. The molecule has 14 nitrogen and oxygen atoms in total. The molecule has 0 spiro atoms. The molecule has 6 heterocycles. The van der Waals surface area contributed by atoms with Gasteiger partial charge in [-0.25, -0.2) is 4.79 Å². The maximum absolute atomic E-state index is 13.9. The van der Waals surface area contributed by atoms with Crippen LogP contribution in [0.15, 0.2) is 12.2 Å². The summed E-state index contributed by atoms with van der Waals surface area (Å²) in [6, 6.07) is 2.47. The Kier molecular flexibility index (Phi) is 13.6. The molecule has 0 aromatic carbocycles. The van der Waals surface area contributed by atoms with E-state index in [1.54, 1.807) is 6.92 Å². The predicted molar refractivity (Wildman–Crippen MR) is 217 cm³/mol. The number of rotatable bonds is 16. The highest BCUT2D eigenvalue weighted by atomic mass is 28.6. The lowest BCUT2D eigenvalue weighted by Gasteiger charge is -2.63. The largest absolute Gasteiger partial charge is 0.729 e. The quantitative estimate of drug-likeness (QED) is 0.109. The second-order valence-corrected chi connectivity index (χ2v) is 42.3. The van der Waals surface area contributed by atoms with Gasteiger partial charge in [-0.2, -0.15) is 0 Å². The molecule has 8 bridgehead atoms. The zero-order valence-corrected chi connectivity index (χ0v) is 43.4. The molecular formula is C32H68O14Si8. The van der Waals surface area contributed by atoms with Gasteiger partial charge in [0.1, 0.15) is 0 Å². The molecule has 54 heavy (non-hydrogen) atoms. The van der Waals surface area contributed by atoms with E-state index in [0.29, 0.717) is 42.3 Å². The van der Waals surface area contributed by atoms with Crippen molar-refractivity contribution < 1.29 is 58.6 Å². The van der Waals surface area contributed by atoms with Gasteiger partial charge in [0.25, 0.3) is 0 Å². The van der Waals surface area contributed by atoms with E-state index in [-0.39, 0.29) is 47.0 Å². The highest BCUT2D eigenvalue weighted by molar-refractivity contribution is 7.03. The Morgan fingerprint density at radius 1 is 0.389 bits per heavy atom. The molecule has 6 saturated heterocycles. The van der Waals surface area contributed by atoms with Crippen LogP contribution in [0.2, 0.25) is 42.3 Å². The summed E-state index contributed by atoms with van der Waals surface area (Å²) >= 11 is 0.